The van der Waals surface area contributed by atoms with Crippen molar-refractivity contribution in [2.24, 2.45) is 5.92 Å². The molecule has 0 bridgehead atoms. The minimum atomic E-state index is -0.347. The number of nitrogens with one attached hydrogen (secondary N) is 2. The van der Waals surface area contributed by atoms with Crippen LogP contribution in [0.15, 0.2) is 24.3 Å². The van der Waals surface area contributed by atoms with Gasteiger partial charge in [0.05, 0.1) is 0 Å². The van der Waals surface area contributed by atoms with Crippen LogP contribution in [0.3, 0.4) is 0 Å². The maximum absolute atomic E-state index is 12.9. The Bertz CT molecular complexity index is 607. The van der Waals surface area contributed by atoms with Crippen molar-refractivity contribution < 1.29 is 9.59 Å². The largest absolute Gasteiger partial charge is 0.374 e. The number of piperidine rings is 2. The summed E-state index contributed by atoms with van der Waals surface area (Å²) in [7, 11) is 0. The van der Waals surface area contributed by atoms with Crippen molar-refractivity contribution >= 4 is 29.1 Å². The molecule has 1 aromatic carbocycles. The van der Waals surface area contributed by atoms with E-state index < -0.39 is 0 Å². The quantitative estimate of drug-likeness (QED) is 0.890. The minimum Gasteiger partial charge on any atom is -0.374 e. The molecule has 0 spiro atoms. The average Bonchev–Trinajstić information content (AvgIpc) is 2.51. The molecule has 5 nitrogen and oxygen atoms in total. The van der Waals surface area contributed by atoms with Gasteiger partial charge in [-0.25, -0.2) is 0 Å². The third kappa shape index (κ3) is 3.44. The maximum atomic E-state index is 12.9. The number of carbonyl (C=O) groups excluding carboxylic acids is 2. The van der Waals surface area contributed by atoms with Crippen molar-refractivity contribution in [1.82, 2.24) is 10.2 Å². The summed E-state index contributed by atoms with van der Waals surface area (Å²) in [6.45, 7) is 3.39. The number of carbonyl (C=O) groups is 2. The lowest BCUT2D eigenvalue weighted by molar-refractivity contribution is -0.146. The fraction of sp³-hybridized carbons (Fsp3) is 0.529. The molecule has 2 heterocycles. The number of anilines is 1. The SMILES string of the molecule is C[C@H]1CCNC(=O)[C@@H]1N1CCCC(Nc2cccc(Cl)c2)C1=O. The number of hydrogen-bond donors (Lipinski definition) is 2. The van der Waals surface area contributed by atoms with Crippen LogP contribution in [0.2, 0.25) is 5.02 Å². The lowest BCUT2D eigenvalue weighted by atomic mass is 9.90. The van der Waals surface area contributed by atoms with Crippen LogP contribution in [0.1, 0.15) is 26.2 Å². The van der Waals surface area contributed by atoms with Crippen molar-refractivity contribution in [3.05, 3.63) is 29.3 Å². The second kappa shape index (κ2) is 6.79. The van der Waals surface area contributed by atoms with Crippen LogP contribution in [-0.2, 0) is 9.59 Å². The highest BCUT2D eigenvalue weighted by Crippen LogP contribution is 2.25. The van der Waals surface area contributed by atoms with Crippen LogP contribution < -0.4 is 10.6 Å². The predicted octanol–water partition coefficient (Wildman–Crippen LogP) is 2.27. The zero-order valence-electron chi connectivity index (χ0n) is 13.2. The Balaban J connectivity index is 1.74. The first kappa shape index (κ1) is 16.1. The molecule has 0 radical (unpaired) electrons. The molecule has 2 aliphatic rings. The molecule has 0 aliphatic carbocycles. The molecule has 3 rings (SSSR count). The van der Waals surface area contributed by atoms with Gasteiger partial charge >= 0.3 is 0 Å². The highest BCUT2D eigenvalue weighted by molar-refractivity contribution is 6.30. The maximum Gasteiger partial charge on any atom is 0.245 e. The summed E-state index contributed by atoms with van der Waals surface area (Å²) in [5, 5.41) is 6.78. The molecule has 6 heteroatoms. The molecular weight excluding hydrogens is 314 g/mol. The van der Waals surface area contributed by atoms with Crippen molar-refractivity contribution in [3.8, 4) is 0 Å². The second-order valence-corrected chi connectivity index (χ2v) is 6.82. The summed E-state index contributed by atoms with van der Waals surface area (Å²) in [5.41, 5.74) is 0.832. The van der Waals surface area contributed by atoms with E-state index in [1.165, 1.54) is 0 Å². The molecule has 3 atom stereocenters. The van der Waals surface area contributed by atoms with Crippen LogP contribution in [-0.4, -0.2) is 41.9 Å². The van der Waals surface area contributed by atoms with E-state index in [0.29, 0.717) is 18.1 Å². The topological polar surface area (TPSA) is 61.4 Å². The Hall–Kier alpha value is -1.75. The van der Waals surface area contributed by atoms with E-state index in [1.54, 1.807) is 11.0 Å². The average molecular weight is 336 g/mol. The van der Waals surface area contributed by atoms with E-state index in [4.69, 9.17) is 11.6 Å². The fourth-order valence-corrected chi connectivity index (χ4v) is 3.67. The van der Waals surface area contributed by atoms with E-state index in [0.717, 1.165) is 24.9 Å². The Labute approximate surface area is 141 Å². The van der Waals surface area contributed by atoms with Crippen molar-refractivity contribution in [2.45, 2.75) is 38.3 Å². The van der Waals surface area contributed by atoms with Crippen molar-refractivity contribution in [3.63, 3.8) is 0 Å². The van der Waals surface area contributed by atoms with Gasteiger partial charge in [0.15, 0.2) is 0 Å². The van der Waals surface area contributed by atoms with E-state index in [-0.39, 0.29) is 29.8 Å². The van der Waals surface area contributed by atoms with Gasteiger partial charge in [0.1, 0.15) is 12.1 Å². The summed E-state index contributed by atoms with van der Waals surface area (Å²) in [4.78, 5) is 26.8. The number of likely N-dealkylation sites (tertiary alicyclic amines) is 1. The summed E-state index contributed by atoms with van der Waals surface area (Å²) >= 11 is 6.00. The van der Waals surface area contributed by atoms with Gasteiger partial charge in [-0.15, -0.1) is 0 Å². The first-order valence-corrected chi connectivity index (χ1v) is 8.54. The van der Waals surface area contributed by atoms with Gasteiger partial charge in [-0.05, 0) is 43.4 Å². The van der Waals surface area contributed by atoms with Gasteiger partial charge < -0.3 is 15.5 Å². The van der Waals surface area contributed by atoms with Gasteiger partial charge in [-0.1, -0.05) is 24.6 Å². The minimum absolute atomic E-state index is 0.00475. The molecule has 0 saturated carbocycles. The van der Waals surface area contributed by atoms with Gasteiger partial charge in [0.2, 0.25) is 11.8 Å². The second-order valence-electron chi connectivity index (χ2n) is 6.38. The predicted molar refractivity (Wildman–Crippen MR) is 90.4 cm³/mol. The zero-order chi connectivity index (χ0) is 16.4. The Morgan fingerprint density at radius 1 is 1.30 bits per heavy atom. The van der Waals surface area contributed by atoms with Crippen molar-refractivity contribution in [2.75, 3.05) is 18.4 Å². The molecular formula is C17H22ClN3O2. The summed E-state index contributed by atoms with van der Waals surface area (Å²) in [6.07, 6.45) is 2.57. The Morgan fingerprint density at radius 3 is 2.87 bits per heavy atom. The normalized spacial score (nSPS) is 28.4. The first-order valence-electron chi connectivity index (χ1n) is 8.16. The van der Waals surface area contributed by atoms with Gasteiger partial charge in [-0.2, -0.15) is 0 Å². The molecule has 1 unspecified atom stereocenters. The molecule has 2 fully saturated rings. The highest BCUT2D eigenvalue weighted by atomic mass is 35.5. The number of rotatable bonds is 3. The number of hydrogen-bond acceptors (Lipinski definition) is 3. The third-order valence-electron chi connectivity index (χ3n) is 4.68. The first-order chi connectivity index (χ1) is 11.1. The van der Waals surface area contributed by atoms with Crippen LogP contribution in [0, 0.1) is 5.92 Å². The van der Waals surface area contributed by atoms with Crippen LogP contribution in [0.5, 0.6) is 0 Å². The lowest BCUT2D eigenvalue weighted by Crippen LogP contribution is -2.60. The number of halogens is 1. The number of amides is 2. The van der Waals surface area contributed by atoms with E-state index in [9.17, 15) is 9.59 Å². The monoisotopic (exact) mass is 335 g/mol. The van der Waals surface area contributed by atoms with Crippen LogP contribution in [0.4, 0.5) is 5.69 Å². The lowest BCUT2D eigenvalue weighted by Gasteiger charge is -2.42. The molecule has 0 aromatic heterocycles. The van der Waals surface area contributed by atoms with Crippen LogP contribution in [0.25, 0.3) is 0 Å². The molecule has 2 aliphatic heterocycles. The standard InChI is InChI=1S/C17H22ClN3O2/c1-11-7-8-19-16(22)15(11)21-9-3-6-14(17(21)23)20-13-5-2-4-12(18)10-13/h2,4-5,10-11,14-15,20H,3,6-9H2,1H3,(H,19,22)/t11-,14?,15+/m0/s1. The van der Waals surface area contributed by atoms with Crippen LogP contribution >= 0.6 is 11.6 Å². The Kier molecular flexibility index (Phi) is 4.76. The van der Waals surface area contributed by atoms with Gasteiger partial charge in [0.25, 0.3) is 0 Å². The Morgan fingerprint density at radius 2 is 2.13 bits per heavy atom. The molecule has 2 saturated heterocycles. The van der Waals surface area contributed by atoms with E-state index in [2.05, 4.69) is 10.6 Å². The summed E-state index contributed by atoms with van der Waals surface area (Å²) in [5.74, 6) is 0.170. The smallest absolute Gasteiger partial charge is 0.245 e. The zero-order valence-corrected chi connectivity index (χ0v) is 14.0. The summed E-state index contributed by atoms with van der Waals surface area (Å²) < 4.78 is 0. The van der Waals surface area contributed by atoms with Gasteiger partial charge in [0, 0.05) is 23.8 Å². The molecule has 124 valence electrons. The number of nitrogens with zero attached hydrogens (tertiary/aromatic N) is 1. The summed E-state index contributed by atoms with van der Waals surface area (Å²) in [6, 6.07) is 6.71. The molecule has 2 amide bonds. The fourth-order valence-electron chi connectivity index (χ4n) is 3.48. The number of benzene rings is 1. The van der Waals surface area contributed by atoms with E-state index >= 15 is 0 Å². The van der Waals surface area contributed by atoms with Gasteiger partial charge in [-0.3, -0.25) is 9.59 Å². The third-order valence-corrected chi connectivity index (χ3v) is 4.92. The van der Waals surface area contributed by atoms with Crippen molar-refractivity contribution in [1.29, 1.82) is 0 Å². The molecule has 23 heavy (non-hydrogen) atoms. The van der Waals surface area contributed by atoms with E-state index in [1.807, 2.05) is 25.1 Å². The highest BCUT2D eigenvalue weighted by Gasteiger charge is 2.40. The molecule has 1 aromatic rings. The molecule has 2 N–H and O–H groups in total.